The van der Waals surface area contributed by atoms with Crippen molar-refractivity contribution in [1.29, 1.82) is 0 Å². The number of imidazole rings is 1. The average molecular weight is 326 g/mol. The van der Waals surface area contributed by atoms with Crippen molar-refractivity contribution in [2.45, 2.75) is 25.0 Å². The number of hydrogen-bond acceptors (Lipinski definition) is 3. The van der Waals surface area contributed by atoms with E-state index in [1.165, 1.54) is 6.20 Å². The Balaban J connectivity index is 2.03. The Hall–Kier alpha value is -2.27. The van der Waals surface area contributed by atoms with Crippen molar-refractivity contribution in [2.24, 2.45) is 0 Å². The van der Waals surface area contributed by atoms with Crippen LogP contribution in [0.3, 0.4) is 0 Å². The molecule has 0 fully saturated rings. The molecule has 0 aliphatic rings. The van der Waals surface area contributed by atoms with Gasteiger partial charge in [0.05, 0.1) is 12.7 Å². The number of thioether (sulfide) groups is 1. The van der Waals surface area contributed by atoms with Crippen LogP contribution in [0.4, 0.5) is 0 Å². The van der Waals surface area contributed by atoms with Gasteiger partial charge < -0.3 is 9.67 Å². The van der Waals surface area contributed by atoms with Crippen molar-refractivity contribution in [3.8, 4) is 0 Å². The van der Waals surface area contributed by atoms with Crippen LogP contribution in [-0.4, -0.2) is 26.4 Å². The normalized spacial score (nSPS) is 11.0. The summed E-state index contributed by atoms with van der Waals surface area (Å²) in [6, 6.07) is 14.3. The molecular formula is C18H18N2O2S. The summed E-state index contributed by atoms with van der Waals surface area (Å²) in [7, 11) is 0. The maximum atomic E-state index is 11.5. The van der Waals surface area contributed by atoms with Crippen molar-refractivity contribution in [2.75, 3.05) is 5.75 Å². The first-order valence-electron chi connectivity index (χ1n) is 7.59. The predicted octanol–water partition coefficient (Wildman–Crippen LogP) is 4.28. The van der Waals surface area contributed by atoms with Crippen LogP contribution in [-0.2, 0) is 6.54 Å². The molecule has 5 heteroatoms. The smallest absolute Gasteiger partial charge is 0.354 e. The number of carbonyl (C=O) groups is 1. The Morgan fingerprint density at radius 3 is 2.78 bits per heavy atom. The Kier molecular flexibility index (Phi) is 4.67. The molecular weight excluding hydrogens is 308 g/mol. The van der Waals surface area contributed by atoms with Crippen molar-refractivity contribution in [1.82, 2.24) is 9.55 Å². The molecule has 3 rings (SSSR count). The lowest BCUT2D eigenvalue weighted by Crippen LogP contribution is -2.11. The maximum Gasteiger partial charge on any atom is 0.354 e. The molecule has 0 bridgehead atoms. The van der Waals surface area contributed by atoms with Crippen LogP contribution in [0.25, 0.3) is 10.8 Å². The van der Waals surface area contributed by atoms with Gasteiger partial charge in [-0.3, -0.25) is 0 Å². The van der Waals surface area contributed by atoms with E-state index in [4.69, 9.17) is 0 Å². The highest BCUT2D eigenvalue weighted by Gasteiger charge is 2.16. The molecule has 0 amide bonds. The zero-order valence-electron chi connectivity index (χ0n) is 12.9. The fourth-order valence-corrected chi connectivity index (χ4v) is 3.42. The van der Waals surface area contributed by atoms with Gasteiger partial charge in [0.1, 0.15) is 5.69 Å². The van der Waals surface area contributed by atoms with Gasteiger partial charge in [-0.05, 0) is 22.8 Å². The SMILES string of the molecule is CCCSc1ncc(C(=O)O)n1Cc1cccc2ccccc12. The van der Waals surface area contributed by atoms with E-state index in [2.05, 4.69) is 30.1 Å². The Morgan fingerprint density at radius 1 is 1.22 bits per heavy atom. The fraction of sp³-hybridized carbons (Fsp3) is 0.222. The molecule has 0 unspecified atom stereocenters. The van der Waals surface area contributed by atoms with Gasteiger partial charge in [0.15, 0.2) is 5.16 Å². The molecule has 0 aliphatic carbocycles. The lowest BCUT2D eigenvalue weighted by molar-refractivity contribution is 0.0684. The third-order valence-electron chi connectivity index (χ3n) is 3.68. The lowest BCUT2D eigenvalue weighted by atomic mass is 10.0. The van der Waals surface area contributed by atoms with Gasteiger partial charge in [-0.25, -0.2) is 9.78 Å². The summed E-state index contributed by atoms with van der Waals surface area (Å²) in [5.41, 5.74) is 1.33. The van der Waals surface area contributed by atoms with Crippen LogP contribution in [0.2, 0.25) is 0 Å². The molecule has 23 heavy (non-hydrogen) atoms. The highest BCUT2D eigenvalue weighted by atomic mass is 32.2. The first-order chi connectivity index (χ1) is 11.2. The summed E-state index contributed by atoms with van der Waals surface area (Å²) in [5, 5.41) is 12.5. The number of aromatic nitrogens is 2. The van der Waals surface area contributed by atoms with Crippen LogP contribution < -0.4 is 0 Å². The van der Waals surface area contributed by atoms with Gasteiger partial charge in [-0.2, -0.15) is 0 Å². The van der Waals surface area contributed by atoms with E-state index < -0.39 is 5.97 Å². The van der Waals surface area contributed by atoms with Crippen molar-refractivity contribution < 1.29 is 9.90 Å². The maximum absolute atomic E-state index is 11.5. The van der Waals surface area contributed by atoms with Gasteiger partial charge in [0.25, 0.3) is 0 Å². The third kappa shape index (κ3) is 3.24. The highest BCUT2D eigenvalue weighted by molar-refractivity contribution is 7.99. The van der Waals surface area contributed by atoms with Crippen LogP contribution in [0.15, 0.2) is 53.8 Å². The van der Waals surface area contributed by atoms with E-state index in [0.717, 1.165) is 33.7 Å². The number of hydrogen-bond donors (Lipinski definition) is 1. The minimum absolute atomic E-state index is 0.233. The quantitative estimate of drug-likeness (QED) is 0.687. The molecule has 118 valence electrons. The van der Waals surface area contributed by atoms with Gasteiger partial charge in [-0.1, -0.05) is 61.2 Å². The molecule has 1 heterocycles. The largest absolute Gasteiger partial charge is 0.477 e. The van der Waals surface area contributed by atoms with Crippen molar-refractivity contribution in [3.05, 3.63) is 59.9 Å². The monoisotopic (exact) mass is 326 g/mol. The van der Waals surface area contributed by atoms with Crippen LogP contribution in [0.5, 0.6) is 0 Å². The molecule has 1 aromatic heterocycles. The summed E-state index contributed by atoms with van der Waals surface area (Å²) >= 11 is 1.60. The van der Waals surface area contributed by atoms with E-state index >= 15 is 0 Å². The third-order valence-corrected chi connectivity index (χ3v) is 4.88. The molecule has 0 aliphatic heterocycles. The zero-order chi connectivity index (χ0) is 16.2. The summed E-state index contributed by atoms with van der Waals surface area (Å²) in [4.78, 5) is 15.8. The molecule has 0 spiro atoms. The summed E-state index contributed by atoms with van der Waals surface area (Å²) in [6.07, 6.45) is 2.47. The molecule has 1 N–H and O–H groups in total. The van der Waals surface area contributed by atoms with E-state index in [-0.39, 0.29) is 5.69 Å². The molecule has 0 radical (unpaired) electrons. The number of nitrogens with zero attached hydrogens (tertiary/aromatic N) is 2. The van der Waals surface area contributed by atoms with Crippen LogP contribution in [0.1, 0.15) is 29.4 Å². The standard InChI is InChI=1S/C18H18N2O2S/c1-2-10-23-18-19-11-16(17(21)22)20(18)12-14-8-5-7-13-6-3-4-9-15(13)14/h3-9,11H,2,10,12H2,1H3,(H,21,22). The predicted molar refractivity (Wildman–Crippen MR) is 93.3 cm³/mol. The van der Waals surface area contributed by atoms with Crippen molar-refractivity contribution >= 4 is 28.5 Å². The Morgan fingerprint density at radius 2 is 2.00 bits per heavy atom. The molecule has 0 saturated carbocycles. The Bertz CT molecular complexity index is 837. The van der Waals surface area contributed by atoms with Gasteiger partial charge in [0, 0.05) is 5.75 Å². The number of benzene rings is 2. The topological polar surface area (TPSA) is 55.1 Å². The van der Waals surface area contributed by atoms with E-state index in [9.17, 15) is 9.90 Å². The van der Waals surface area contributed by atoms with E-state index in [0.29, 0.717) is 6.54 Å². The minimum Gasteiger partial charge on any atom is -0.477 e. The van der Waals surface area contributed by atoms with Crippen LogP contribution >= 0.6 is 11.8 Å². The first kappa shape index (κ1) is 15.6. The number of carboxylic acids is 1. The average Bonchev–Trinajstić information content (AvgIpc) is 2.96. The van der Waals surface area contributed by atoms with Gasteiger partial charge >= 0.3 is 5.97 Å². The minimum atomic E-state index is -0.943. The molecule has 4 nitrogen and oxygen atoms in total. The van der Waals surface area contributed by atoms with Gasteiger partial charge in [0.2, 0.25) is 0 Å². The lowest BCUT2D eigenvalue weighted by Gasteiger charge is -2.12. The molecule has 2 aromatic carbocycles. The van der Waals surface area contributed by atoms with Gasteiger partial charge in [-0.15, -0.1) is 0 Å². The first-order valence-corrected chi connectivity index (χ1v) is 8.57. The summed E-state index contributed by atoms with van der Waals surface area (Å²) in [6.45, 7) is 2.61. The number of fused-ring (bicyclic) bond motifs is 1. The highest BCUT2D eigenvalue weighted by Crippen LogP contribution is 2.24. The molecule has 0 atom stereocenters. The number of carboxylic acid groups (broad SMARTS) is 1. The number of aromatic carboxylic acids is 1. The van der Waals surface area contributed by atoms with E-state index in [1.807, 2.05) is 24.3 Å². The van der Waals surface area contributed by atoms with E-state index in [1.54, 1.807) is 16.3 Å². The summed E-state index contributed by atoms with van der Waals surface area (Å²) < 4.78 is 1.80. The second-order valence-electron chi connectivity index (χ2n) is 5.30. The zero-order valence-corrected chi connectivity index (χ0v) is 13.7. The van der Waals surface area contributed by atoms with Crippen LogP contribution in [0, 0.1) is 0 Å². The molecule has 0 saturated heterocycles. The Labute approximate surface area is 139 Å². The second kappa shape index (κ2) is 6.87. The summed E-state index contributed by atoms with van der Waals surface area (Å²) in [5.74, 6) is -0.0212. The second-order valence-corrected chi connectivity index (χ2v) is 6.37. The fourth-order valence-electron chi connectivity index (χ4n) is 2.59. The van der Waals surface area contributed by atoms with Crippen molar-refractivity contribution in [3.63, 3.8) is 0 Å². The number of rotatable bonds is 6. The molecule has 3 aromatic rings.